The molecule has 0 saturated heterocycles. The number of thioether (sulfide) groups is 1. The van der Waals surface area contributed by atoms with Crippen LogP contribution in [0.15, 0.2) is 52.3 Å². The van der Waals surface area contributed by atoms with Gasteiger partial charge < -0.3 is 0 Å². The number of aromatic nitrogens is 6. The smallest absolute Gasteiger partial charge is 0.244 e. The number of hydrogen-bond donors (Lipinski definition) is 0. The molecule has 0 amide bonds. The molecule has 8 heteroatoms. The third-order valence-corrected chi connectivity index (χ3v) is 6.57. The molecule has 30 heavy (non-hydrogen) atoms. The second-order valence-electron chi connectivity index (χ2n) is 7.43. The van der Waals surface area contributed by atoms with Crippen molar-refractivity contribution in [1.82, 2.24) is 29.6 Å². The maximum atomic E-state index is 12.3. The number of nitrogens with zero attached hydrogens (tertiary/aromatic N) is 6. The second-order valence-corrected chi connectivity index (χ2v) is 8.45. The van der Waals surface area contributed by atoms with Crippen LogP contribution in [-0.2, 0) is 12.8 Å². The predicted octanol–water partition coefficient (Wildman–Crippen LogP) is 3.68. The first kappa shape index (κ1) is 20.2. The Labute approximate surface area is 179 Å². The van der Waals surface area contributed by atoms with Gasteiger partial charge in [0, 0.05) is 23.4 Å². The summed E-state index contributed by atoms with van der Waals surface area (Å²) in [7, 11) is 1.60. The molecule has 0 spiro atoms. The van der Waals surface area contributed by atoms with Crippen molar-refractivity contribution in [2.24, 2.45) is 7.05 Å². The van der Waals surface area contributed by atoms with Gasteiger partial charge in [-0.05, 0) is 84.6 Å². The fraction of sp³-hybridized carbons (Fsp3) is 0.273. The van der Waals surface area contributed by atoms with E-state index >= 15 is 0 Å². The molecule has 0 aliphatic carbocycles. The molecule has 0 unspecified atom stereocenters. The van der Waals surface area contributed by atoms with Crippen molar-refractivity contribution >= 4 is 11.8 Å². The third-order valence-electron chi connectivity index (χ3n) is 5.37. The fourth-order valence-electron chi connectivity index (χ4n) is 3.37. The highest BCUT2D eigenvalue weighted by Crippen LogP contribution is 2.31. The van der Waals surface area contributed by atoms with Gasteiger partial charge in [0.05, 0.1) is 17.6 Å². The van der Waals surface area contributed by atoms with E-state index in [2.05, 4.69) is 67.5 Å². The van der Waals surface area contributed by atoms with Gasteiger partial charge in [-0.25, -0.2) is 9.48 Å². The molecule has 2 heterocycles. The summed E-state index contributed by atoms with van der Waals surface area (Å²) in [5.74, 6) is 0.727. The lowest BCUT2D eigenvalue weighted by molar-refractivity contribution is 0.692. The van der Waals surface area contributed by atoms with Gasteiger partial charge in [-0.2, -0.15) is 14.5 Å². The van der Waals surface area contributed by atoms with Gasteiger partial charge in [-0.15, -0.1) is 11.8 Å². The lowest BCUT2D eigenvalue weighted by atomic mass is 10.1. The monoisotopic (exact) mass is 420 g/mol. The van der Waals surface area contributed by atoms with Crippen molar-refractivity contribution in [3.63, 3.8) is 0 Å². The van der Waals surface area contributed by atoms with E-state index in [0.29, 0.717) is 0 Å². The summed E-state index contributed by atoms with van der Waals surface area (Å²) >= 11 is 1.75. The van der Waals surface area contributed by atoms with Gasteiger partial charge in [0.1, 0.15) is 0 Å². The first-order chi connectivity index (χ1) is 14.4. The number of benzene rings is 2. The maximum absolute atomic E-state index is 12.3. The SMILES string of the molecule is Cc1cc(-n2ncc(C)c2C)ccc1SCc1c(C)cccc1-n1nnn(C)c1=O. The molecule has 0 aliphatic heterocycles. The van der Waals surface area contributed by atoms with E-state index in [1.54, 1.807) is 18.8 Å². The van der Waals surface area contributed by atoms with Gasteiger partial charge in [0.15, 0.2) is 0 Å². The molecule has 2 aromatic carbocycles. The first-order valence-electron chi connectivity index (χ1n) is 9.69. The summed E-state index contributed by atoms with van der Waals surface area (Å²) in [6.45, 7) is 8.32. The lowest BCUT2D eigenvalue weighted by Crippen LogP contribution is -2.23. The molecule has 2 aromatic heterocycles. The molecule has 0 atom stereocenters. The van der Waals surface area contributed by atoms with E-state index in [1.807, 2.05) is 23.0 Å². The molecule has 0 aliphatic rings. The van der Waals surface area contributed by atoms with Crippen LogP contribution < -0.4 is 5.69 Å². The normalized spacial score (nSPS) is 11.2. The van der Waals surface area contributed by atoms with Crippen LogP contribution in [0.3, 0.4) is 0 Å². The van der Waals surface area contributed by atoms with Crippen LogP contribution >= 0.6 is 11.8 Å². The molecule has 0 radical (unpaired) electrons. The van der Waals surface area contributed by atoms with Gasteiger partial charge in [-0.3, -0.25) is 0 Å². The summed E-state index contributed by atoms with van der Waals surface area (Å²) in [6.07, 6.45) is 1.89. The zero-order chi connectivity index (χ0) is 21.4. The Kier molecular flexibility index (Phi) is 5.34. The van der Waals surface area contributed by atoms with Crippen LogP contribution in [0.2, 0.25) is 0 Å². The van der Waals surface area contributed by atoms with E-state index in [9.17, 15) is 4.79 Å². The molecular formula is C22H24N6OS. The van der Waals surface area contributed by atoms with E-state index in [4.69, 9.17) is 0 Å². The van der Waals surface area contributed by atoms with Crippen LogP contribution in [0, 0.1) is 27.7 Å². The Balaban J connectivity index is 1.62. The zero-order valence-electron chi connectivity index (χ0n) is 17.7. The van der Waals surface area contributed by atoms with Crippen LogP contribution in [0.1, 0.15) is 27.9 Å². The maximum Gasteiger partial charge on any atom is 0.368 e. The van der Waals surface area contributed by atoms with Crippen LogP contribution in [0.5, 0.6) is 0 Å². The van der Waals surface area contributed by atoms with Gasteiger partial charge in [0.2, 0.25) is 0 Å². The van der Waals surface area contributed by atoms with Crippen molar-refractivity contribution in [1.29, 1.82) is 0 Å². The summed E-state index contributed by atoms with van der Waals surface area (Å²) in [5.41, 5.74) is 7.30. The quantitative estimate of drug-likeness (QED) is 0.461. The summed E-state index contributed by atoms with van der Waals surface area (Å²) in [5, 5.41) is 12.3. The van der Waals surface area contributed by atoms with Crippen molar-refractivity contribution in [3.05, 3.63) is 81.0 Å². The predicted molar refractivity (Wildman–Crippen MR) is 119 cm³/mol. The van der Waals surface area contributed by atoms with Crippen molar-refractivity contribution in [3.8, 4) is 11.4 Å². The summed E-state index contributed by atoms with van der Waals surface area (Å²) in [6, 6.07) is 12.3. The molecule has 0 N–H and O–H groups in total. The minimum atomic E-state index is -0.253. The van der Waals surface area contributed by atoms with Crippen molar-refractivity contribution in [2.75, 3.05) is 0 Å². The molecule has 7 nitrogen and oxygen atoms in total. The van der Waals surface area contributed by atoms with E-state index in [-0.39, 0.29) is 5.69 Å². The average Bonchev–Trinajstić information content (AvgIpc) is 3.23. The minimum absolute atomic E-state index is 0.253. The number of rotatable bonds is 5. The number of hydrogen-bond acceptors (Lipinski definition) is 5. The number of aryl methyl sites for hydroxylation is 4. The van der Waals surface area contributed by atoms with Gasteiger partial charge >= 0.3 is 5.69 Å². The van der Waals surface area contributed by atoms with Gasteiger partial charge in [0.25, 0.3) is 0 Å². The largest absolute Gasteiger partial charge is 0.368 e. The average molecular weight is 421 g/mol. The molecule has 0 bridgehead atoms. The Morgan fingerprint density at radius 1 is 0.933 bits per heavy atom. The highest BCUT2D eigenvalue weighted by atomic mass is 32.2. The Morgan fingerprint density at radius 3 is 2.37 bits per heavy atom. The lowest BCUT2D eigenvalue weighted by Gasteiger charge is -2.13. The van der Waals surface area contributed by atoms with Crippen molar-refractivity contribution in [2.45, 2.75) is 38.3 Å². The van der Waals surface area contributed by atoms with Crippen LogP contribution in [0.4, 0.5) is 0 Å². The van der Waals surface area contributed by atoms with Gasteiger partial charge in [-0.1, -0.05) is 12.1 Å². The highest BCUT2D eigenvalue weighted by molar-refractivity contribution is 7.98. The van der Waals surface area contributed by atoms with E-state index in [1.165, 1.54) is 25.4 Å². The van der Waals surface area contributed by atoms with Crippen molar-refractivity contribution < 1.29 is 0 Å². The summed E-state index contributed by atoms with van der Waals surface area (Å²) < 4.78 is 4.57. The summed E-state index contributed by atoms with van der Waals surface area (Å²) in [4.78, 5) is 13.5. The Hall–Kier alpha value is -3.13. The fourth-order valence-corrected chi connectivity index (χ4v) is 4.49. The van der Waals surface area contributed by atoms with Crippen LogP contribution in [-0.4, -0.2) is 29.6 Å². The number of tetrazole rings is 1. The Morgan fingerprint density at radius 2 is 1.73 bits per heavy atom. The topological polar surface area (TPSA) is 70.5 Å². The zero-order valence-corrected chi connectivity index (χ0v) is 18.6. The molecule has 0 fully saturated rings. The highest BCUT2D eigenvalue weighted by Gasteiger charge is 2.14. The molecule has 4 rings (SSSR count). The minimum Gasteiger partial charge on any atom is -0.244 e. The van der Waals surface area contributed by atoms with E-state index < -0.39 is 0 Å². The second kappa shape index (κ2) is 7.95. The van der Waals surface area contributed by atoms with Crippen LogP contribution in [0.25, 0.3) is 11.4 Å². The molecule has 0 saturated carbocycles. The first-order valence-corrected chi connectivity index (χ1v) is 10.7. The third kappa shape index (κ3) is 3.59. The molecular weight excluding hydrogens is 396 g/mol. The molecule has 4 aromatic rings. The standard InChI is InChI=1S/C22H24N6OS/c1-14-7-6-8-20(28-22(29)26(5)24-25-28)19(14)13-30-21-10-9-18(11-15(21)2)27-17(4)16(3)12-23-27/h6-12H,13H2,1-5H3. The Bertz CT molecular complexity index is 1280. The molecule has 154 valence electrons. The van der Waals surface area contributed by atoms with E-state index in [0.717, 1.165) is 33.9 Å².